The molecule has 0 spiro atoms. The Hall–Kier alpha value is -1.36. The van der Waals surface area contributed by atoms with Crippen LogP contribution < -0.4 is 4.74 Å². The second-order valence-corrected chi connectivity index (χ2v) is 5.04. The maximum absolute atomic E-state index is 14.4. The molecule has 0 unspecified atom stereocenters. The summed E-state index contributed by atoms with van der Waals surface area (Å²) in [5.74, 6) is 1.01. The lowest BCUT2D eigenvalue weighted by Gasteiger charge is -2.12. The van der Waals surface area contributed by atoms with Crippen molar-refractivity contribution in [1.82, 2.24) is 9.55 Å². The minimum absolute atomic E-state index is 0.306. The highest BCUT2D eigenvalue weighted by Crippen LogP contribution is 2.29. The van der Waals surface area contributed by atoms with Gasteiger partial charge in [-0.25, -0.2) is 4.98 Å². The lowest BCUT2D eigenvalue weighted by molar-refractivity contribution is 0.409. The van der Waals surface area contributed by atoms with Crippen molar-refractivity contribution in [2.45, 2.75) is 26.7 Å². The van der Waals surface area contributed by atoms with Gasteiger partial charge in [-0.15, -0.1) is 0 Å². The van der Waals surface area contributed by atoms with Gasteiger partial charge in [0.1, 0.15) is 11.6 Å². The third-order valence-electron chi connectivity index (χ3n) is 2.99. The Morgan fingerprint density at radius 2 is 2.05 bits per heavy atom. The average molecular weight is 327 g/mol. The molecule has 0 aliphatic carbocycles. The number of imidazole rings is 1. The summed E-state index contributed by atoms with van der Waals surface area (Å²) in [6, 6.07) is 5.51. The van der Waals surface area contributed by atoms with E-state index in [0.29, 0.717) is 35.8 Å². The minimum Gasteiger partial charge on any atom is -0.495 e. The lowest BCUT2D eigenvalue weighted by atomic mass is 10.2. The Morgan fingerprint density at radius 3 is 2.63 bits per heavy atom. The van der Waals surface area contributed by atoms with Crippen LogP contribution in [0.2, 0.25) is 0 Å². The minimum atomic E-state index is -0.306. The number of halogens is 2. The van der Waals surface area contributed by atoms with E-state index in [1.807, 2.05) is 32.0 Å². The first-order chi connectivity index (χ1) is 9.12. The van der Waals surface area contributed by atoms with Gasteiger partial charge in [-0.1, -0.05) is 29.8 Å². The van der Waals surface area contributed by atoms with Gasteiger partial charge in [-0.05, 0) is 24.6 Å². The molecule has 0 saturated heterocycles. The summed E-state index contributed by atoms with van der Waals surface area (Å²) in [6.07, 6.45) is 1.24. The number of ether oxygens (including phenoxy) is 1. The Kier molecular flexibility index (Phi) is 4.24. The van der Waals surface area contributed by atoms with Crippen LogP contribution in [0.25, 0.3) is 5.69 Å². The second-order valence-electron chi connectivity index (χ2n) is 4.12. The predicted octanol–water partition coefficient (Wildman–Crippen LogP) is 3.91. The Morgan fingerprint density at radius 1 is 1.32 bits per heavy atom. The fourth-order valence-corrected chi connectivity index (χ4v) is 2.38. The molecule has 2 rings (SSSR count). The van der Waals surface area contributed by atoms with Crippen LogP contribution in [0, 0.1) is 5.95 Å². The van der Waals surface area contributed by atoms with Gasteiger partial charge in [-0.2, -0.15) is 4.39 Å². The molecule has 0 bridgehead atoms. The molecule has 0 aliphatic rings. The van der Waals surface area contributed by atoms with Crippen molar-refractivity contribution < 1.29 is 9.13 Å². The number of aromatic nitrogens is 2. The van der Waals surface area contributed by atoms with Crippen LogP contribution in [0.1, 0.15) is 25.4 Å². The Labute approximate surface area is 120 Å². The van der Waals surface area contributed by atoms with Crippen LogP contribution in [0.5, 0.6) is 5.75 Å². The highest BCUT2D eigenvalue weighted by atomic mass is 79.9. The first-order valence-electron chi connectivity index (χ1n) is 6.22. The molecular weight excluding hydrogens is 311 g/mol. The van der Waals surface area contributed by atoms with E-state index in [9.17, 15) is 4.39 Å². The van der Waals surface area contributed by atoms with Gasteiger partial charge in [0.2, 0.25) is 5.95 Å². The molecule has 1 aromatic heterocycles. The van der Waals surface area contributed by atoms with E-state index < -0.39 is 0 Å². The van der Waals surface area contributed by atoms with Crippen molar-refractivity contribution in [1.29, 1.82) is 0 Å². The van der Waals surface area contributed by atoms with Crippen molar-refractivity contribution in [3.63, 3.8) is 0 Å². The fraction of sp³-hybridized carbons (Fsp3) is 0.357. The van der Waals surface area contributed by atoms with Gasteiger partial charge < -0.3 is 4.74 Å². The standard InChI is InChI=1S/C14H16BrFN2O/c1-4-10-14(16)18(13(5-2)17-10)11-7-6-9(15)8-12(11)19-3/h6-8H,4-5H2,1-3H3. The van der Waals surface area contributed by atoms with Crippen LogP contribution in [-0.2, 0) is 12.8 Å². The number of aryl methyl sites for hydroxylation is 2. The van der Waals surface area contributed by atoms with E-state index in [1.54, 1.807) is 7.11 Å². The molecule has 19 heavy (non-hydrogen) atoms. The van der Waals surface area contributed by atoms with Crippen LogP contribution >= 0.6 is 15.9 Å². The highest BCUT2D eigenvalue weighted by Gasteiger charge is 2.18. The zero-order chi connectivity index (χ0) is 14.0. The summed E-state index contributed by atoms with van der Waals surface area (Å²) >= 11 is 3.38. The van der Waals surface area contributed by atoms with E-state index in [0.717, 1.165) is 4.47 Å². The lowest BCUT2D eigenvalue weighted by Crippen LogP contribution is -2.05. The summed E-state index contributed by atoms with van der Waals surface area (Å²) in [5.41, 5.74) is 1.16. The smallest absolute Gasteiger partial charge is 0.221 e. The van der Waals surface area contributed by atoms with Gasteiger partial charge in [0, 0.05) is 10.9 Å². The first kappa shape index (κ1) is 14.1. The topological polar surface area (TPSA) is 27.1 Å². The third kappa shape index (κ3) is 2.52. The number of hydrogen-bond acceptors (Lipinski definition) is 2. The molecule has 3 nitrogen and oxygen atoms in total. The monoisotopic (exact) mass is 326 g/mol. The normalized spacial score (nSPS) is 10.8. The predicted molar refractivity (Wildman–Crippen MR) is 76.5 cm³/mol. The van der Waals surface area contributed by atoms with Crippen molar-refractivity contribution in [2.75, 3.05) is 7.11 Å². The Bertz CT molecular complexity index is 595. The summed E-state index contributed by atoms with van der Waals surface area (Å²) in [4.78, 5) is 4.34. The quantitative estimate of drug-likeness (QED) is 0.851. The van der Waals surface area contributed by atoms with Crippen molar-refractivity contribution in [2.24, 2.45) is 0 Å². The number of benzene rings is 1. The van der Waals surface area contributed by atoms with Crippen molar-refractivity contribution in [3.8, 4) is 11.4 Å². The summed E-state index contributed by atoms with van der Waals surface area (Å²) in [6.45, 7) is 3.86. The highest BCUT2D eigenvalue weighted by molar-refractivity contribution is 9.10. The molecule has 0 saturated carbocycles. The van der Waals surface area contributed by atoms with Gasteiger partial charge in [0.25, 0.3) is 0 Å². The van der Waals surface area contributed by atoms with Gasteiger partial charge in [-0.3, -0.25) is 4.57 Å². The molecule has 0 fully saturated rings. The van der Waals surface area contributed by atoms with E-state index in [1.165, 1.54) is 4.57 Å². The maximum atomic E-state index is 14.4. The molecule has 0 N–H and O–H groups in total. The summed E-state index contributed by atoms with van der Waals surface area (Å²) < 4.78 is 22.2. The third-order valence-corrected chi connectivity index (χ3v) is 3.48. The number of rotatable bonds is 4. The van der Waals surface area contributed by atoms with Gasteiger partial charge in [0.15, 0.2) is 0 Å². The summed E-state index contributed by atoms with van der Waals surface area (Å²) in [7, 11) is 1.58. The SMILES string of the molecule is CCc1nc(CC)n(-c2ccc(Br)cc2OC)c1F. The van der Waals surface area contributed by atoms with E-state index >= 15 is 0 Å². The first-order valence-corrected chi connectivity index (χ1v) is 7.01. The molecule has 0 radical (unpaired) electrons. The number of methoxy groups -OCH3 is 1. The van der Waals surface area contributed by atoms with Crippen molar-refractivity contribution >= 4 is 15.9 Å². The fourth-order valence-electron chi connectivity index (χ4n) is 2.04. The molecule has 0 aliphatic heterocycles. The van der Waals surface area contributed by atoms with Crippen LogP contribution in [0.4, 0.5) is 4.39 Å². The van der Waals surface area contributed by atoms with Gasteiger partial charge in [0.05, 0.1) is 18.5 Å². The largest absolute Gasteiger partial charge is 0.495 e. The average Bonchev–Trinajstić information content (AvgIpc) is 2.75. The molecular formula is C14H16BrFN2O. The number of nitrogens with zero attached hydrogens (tertiary/aromatic N) is 2. The van der Waals surface area contributed by atoms with Crippen LogP contribution in [0.3, 0.4) is 0 Å². The van der Waals surface area contributed by atoms with E-state index in [-0.39, 0.29) is 5.95 Å². The van der Waals surface area contributed by atoms with E-state index in [4.69, 9.17) is 4.74 Å². The summed E-state index contributed by atoms with van der Waals surface area (Å²) in [5, 5.41) is 0. The van der Waals surface area contributed by atoms with Crippen LogP contribution in [-0.4, -0.2) is 16.7 Å². The molecule has 1 aromatic carbocycles. The van der Waals surface area contributed by atoms with Crippen molar-refractivity contribution in [3.05, 3.63) is 40.1 Å². The molecule has 102 valence electrons. The molecule has 5 heteroatoms. The zero-order valence-electron chi connectivity index (χ0n) is 11.2. The second kappa shape index (κ2) is 5.74. The van der Waals surface area contributed by atoms with E-state index in [2.05, 4.69) is 20.9 Å². The maximum Gasteiger partial charge on any atom is 0.221 e. The molecule has 1 heterocycles. The Balaban J connectivity index is 2.67. The zero-order valence-corrected chi connectivity index (χ0v) is 12.8. The van der Waals surface area contributed by atoms with Crippen LogP contribution in [0.15, 0.2) is 22.7 Å². The molecule has 0 amide bonds. The molecule has 2 aromatic rings. The molecule has 0 atom stereocenters. The van der Waals surface area contributed by atoms with Gasteiger partial charge >= 0.3 is 0 Å². The number of hydrogen-bond donors (Lipinski definition) is 0.